The Labute approximate surface area is 117 Å². The Kier molecular flexibility index (Phi) is 3.04. The van der Waals surface area contributed by atoms with E-state index in [9.17, 15) is 13.2 Å². The molecule has 0 aliphatic carbocycles. The van der Waals surface area contributed by atoms with Gasteiger partial charge >= 0.3 is 6.36 Å². The highest BCUT2D eigenvalue weighted by Gasteiger charge is 2.31. The zero-order valence-corrected chi connectivity index (χ0v) is 10.9. The summed E-state index contributed by atoms with van der Waals surface area (Å²) in [6.45, 7) is 1.72. The second-order valence-electron chi connectivity index (χ2n) is 4.51. The number of hydrogen-bond acceptors (Lipinski definition) is 3. The number of benzene rings is 1. The van der Waals surface area contributed by atoms with E-state index in [0.717, 1.165) is 16.6 Å². The third-order valence-electron chi connectivity index (χ3n) is 3.00. The van der Waals surface area contributed by atoms with Crippen molar-refractivity contribution >= 4 is 5.52 Å². The van der Waals surface area contributed by atoms with Crippen molar-refractivity contribution in [1.29, 1.82) is 0 Å². The second kappa shape index (κ2) is 4.76. The van der Waals surface area contributed by atoms with Gasteiger partial charge in [0.05, 0.1) is 17.9 Å². The summed E-state index contributed by atoms with van der Waals surface area (Å²) >= 11 is 0. The molecule has 21 heavy (non-hydrogen) atoms. The Bertz CT molecular complexity index is 796. The fraction of sp³-hybridized carbons (Fsp3) is 0.143. The lowest BCUT2D eigenvalue weighted by Gasteiger charge is -2.11. The molecule has 0 unspecified atom stereocenters. The molecule has 0 bridgehead atoms. The van der Waals surface area contributed by atoms with E-state index in [1.54, 1.807) is 31.5 Å². The molecule has 1 aromatic carbocycles. The fourth-order valence-electron chi connectivity index (χ4n) is 2.13. The number of rotatable bonds is 2. The highest BCUT2D eigenvalue weighted by Crippen LogP contribution is 2.29. The van der Waals surface area contributed by atoms with E-state index in [2.05, 4.69) is 14.9 Å². The smallest absolute Gasteiger partial charge is 0.406 e. The Morgan fingerprint density at radius 1 is 1.10 bits per heavy atom. The normalized spacial score (nSPS) is 11.8. The van der Waals surface area contributed by atoms with Crippen molar-refractivity contribution in [3.63, 3.8) is 0 Å². The highest BCUT2D eigenvalue weighted by molar-refractivity contribution is 5.71. The van der Waals surface area contributed by atoms with Crippen LogP contribution in [0.2, 0.25) is 0 Å². The first kappa shape index (κ1) is 13.4. The van der Waals surface area contributed by atoms with Crippen LogP contribution in [0.25, 0.3) is 16.6 Å². The molecule has 2 heterocycles. The molecular formula is C14H10F3N3O. The maximum absolute atomic E-state index is 12.2. The molecule has 3 aromatic rings. The molecule has 0 fully saturated rings. The minimum atomic E-state index is -4.69. The number of halogens is 3. The van der Waals surface area contributed by atoms with Crippen LogP contribution in [-0.2, 0) is 0 Å². The summed E-state index contributed by atoms with van der Waals surface area (Å²) in [7, 11) is 0. The molecular weight excluding hydrogens is 283 g/mol. The van der Waals surface area contributed by atoms with Gasteiger partial charge in [0.25, 0.3) is 0 Å². The van der Waals surface area contributed by atoms with E-state index in [1.807, 2.05) is 6.07 Å². The molecule has 0 N–H and O–H groups in total. The SMILES string of the molecule is Cc1cc(OC(F)(F)F)ccc1-c1cnn2nccc2c1. The average Bonchev–Trinajstić information content (AvgIpc) is 2.84. The van der Waals surface area contributed by atoms with Gasteiger partial charge in [-0.1, -0.05) is 6.07 Å². The largest absolute Gasteiger partial charge is 0.573 e. The van der Waals surface area contributed by atoms with Crippen molar-refractivity contribution in [2.24, 2.45) is 0 Å². The number of nitrogens with zero attached hydrogens (tertiary/aromatic N) is 3. The van der Waals surface area contributed by atoms with Gasteiger partial charge < -0.3 is 4.74 Å². The van der Waals surface area contributed by atoms with Crippen molar-refractivity contribution in [3.05, 3.63) is 48.3 Å². The van der Waals surface area contributed by atoms with Crippen LogP contribution in [0.1, 0.15) is 5.56 Å². The Balaban J connectivity index is 1.98. The van der Waals surface area contributed by atoms with E-state index in [0.29, 0.717) is 5.56 Å². The minimum absolute atomic E-state index is 0.234. The summed E-state index contributed by atoms with van der Waals surface area (Å²) in [6.07, 6.45) is -1.45. The quantitative estimate of drug-likeness (QED) is 0.724. The van der Waals surface area contributed by atoms with Gasteiger partial charge in [-0.05, 0) is 42.3 Å². The molecule has 0 radical (unpaired) electrons. The predicted octanol–water partition coefficient (Wildman–Crippen LogP) is 3.60. The first-order valence-corrected chi connectivity index (χ1v) is 6.09. The van der Waals surface area contributed by atoms with Gasteiger partial charge in [0.1, 0.15) is 5.75 Å². The maximum Gasteiger partial charge on any atom is 0.573 e. The monoisotopic (exact) mass is 293 g/mol. The number of ether oxygens (including phenoxy) is 1. The molecule has 0 spiro atoms. The molecule has 0 aliphatic heterocycles. The van der Waals surface area contributed by atoms with Crippen LogP contribution in [0, 0.1) is 6.92 Å². The molecule has 0 saturated heterocycles. The zero-order chi connectivity index (χ0) is 15.0. The first-order valence-electron chi connectivity index (χ1n) is 6.09. The van der Waals surface area contributed by atoms with E-state index < -0.39 is 6.36 Å². The number of aryl methyl sites for hydroxylation is 1. The fourth-order valence-corrected chi connectivity index (χ4v) is 2.13. The van der Waals surface area contributed by atoms with Crippen molar-refractivity contribution in [1.82, 2.24) is 14.8 Å². The summed E-state index contributed by atoms with van der Waals surface area (Å²) in [5.74, 6) is -0.234. The molecule has 3 rings (SSSR count). The standard InChI is InChI=1S/C14H10F3N3O/c1-9-6-12(21-14(15,16)17)2-3-13(9)10-7-11-4-5-18-20(11)19-8-10/h2-8H,1H3. The van der Waals surface area contributed by atoms with Crippen molar-refractivity contribution in [2.75, 3.05) is 0 Å². The summed E-state index contributed by atoms with van der Waals surface area (Å²) in [6, 6.07) is 7.89. The second-order valence-corrected chi connectivity index (χ2v) is 4.51. The summed E-state index contributed by atoms with van der Waals surface area (Å²) in [4.78, 5) is 0. The van der Waals surface area contributed by atoms with Gasteiger partial charge in [-0.3, -0.25) is 0 Å². The topological polar surface area (TPSA) is 39.4 Å². The number of aromatic nitrogens is 3. The Morgan fingerprint density at radius 3 is 2.62 bits per heavy atom. The van der Waals surface area contributed by atoms with Crippen LogP contribution in [0.3, 0.4) is 0 Å². The predicted molar refractivity (Wildman–Crippen MR) is 69.8 cm³/mol. The minimum Gasteiger partial charge on any atom is -0.406 e. The van der Waals surface area contributed by atoms with Crippen molar-refractivity contribution in [2.45, 2.75) is 13.3 Å². The van der Waals surface area contributed by atoms with Crippen LogP contribution < -0.4 is 4.74 Å². The highest BCUT2D eigenvalue weighted by atomic mass is 19.4. The lowest BCUT2D eigenvalue weighted by Crippen LogP contribution is -2.17. The van der Waals surface area contributed by atoms with Gasteiger partial charge in [0.15, 0.2) is 0 Å². The third kappa shape index (κ3) is 2.81. The van der Waals surface area contributed by atoms with Crippen LogP contribution in [0.5, 0.6) is 5.75 Å². The first-order chi connectivity index (χ1) is 9.92. The molecule has 0 aliphatic rings. The van der Waals surface area contributed by atoms with Crippen LogP contribution >= 0.6 is 0 Å². The van der Waals surface area contributed by atoms with E-state index in [-0.39, 0.29) is 5.75 Å². The Morgan fingerprint density at radius 2 is 1.90 bits per heavy atom. The van der Waals surface area contributed by atoms with Gasteiger partial charge in [0.2, 0.25) is 0 Å². The maximum atomic E-state index is 12.2. The summed E-state index contributed by atoms with van der Waals surface area (Å²) in [5, 5.41) is 8.13. The molecule has 4 nitrogen and oxygen atoms in total. The lowest BCUT2D eigenvalue weighted by atomic mass is 10.0. The van der Waals surface area contributed by atoms with E-state index in [1.165, 1.54) is 16.8 Å². The van der Waals surface area contributed by atoms with Gasteiger partial charge in [0, 0.05) is 5.56 Å². The number of alkyl halides is 3. The van der Waals surface area contributed by atoms with E-state index in [4.69, 9.17) is 0 Å². The third-order valence-corrected chi connectivity index (χ3v) is 3.00. The van der Waals surface area contributed by atoms with Crippen molar-refractivity contribution < 1.29 is 17.9 Å². The summed E-state index contributed by atoms with van der Waals surface area (Å²) < 4.78 is 42.0. The van der Waals surface area contributed by atoms with Crippen LogP contribution in [0.4, 0.5) is 13.2 Å². The molecule has 0 atom stereocenters. The molecule has 0 saturated carbocycles. The summed E-state index contributed by atoms with van der Waals surface area (Å²) in [5.41, 5.74) is 3.07. The van der Waals surface area contributed by atoms with Crippen molar-refractivity contribution in [3.8, 4) is 16.9 Å². The average molecular weight is 293 g/mol. The number of hydrogen-bond donors (Lipinski definition) is 0. The molecule has 0 amide bonds. The van der Waals surface area contributed by atoms with Crippen LogP contribution in [0.15, 0.2) is 42.7 Å². The van der Waals surface area contributed by atoms with Gasteiger partial charge in [-0.15, -0.1) is 13.2 Å². The van der Waals surface area contributed by atoms with Gasteiger partial charge in [-0.25, -0.2) is 0 Å². The number of fused-ring (bicyclic) bond motifs is 1. The molecule has 2 aromatic heterocycles. The Hall–Kier alpha value is -2.57. The molecule has 108 valence electrons. The van der Waals surface area contributed by atoms with Crippen LogP contribution in [-0.4, -0.2) is 21.2 Å². The zero-order valence-electron chi connectivity index (χ0n) is 10.9. The lowest BCUT2D eigenvalue weighted by molar-refractivity contribution is -0.274. The van der Waals surface area contributed by atoms with Gasteiger partial charge in [-0.2, -0.15) is 14.8 Å². The van der Waals surface area contributed by atoms with E-state index >= 15 is 0 Å². The molecule has 7 heteroatoms.